The number of nitrogens with zero attached hydrogens (tertiary/aromatic N) is 3. The SMILES string of the molecule is O=c1cc(-c2ccc([N+](=O)[O-])cc2)[nH]n1CCc1ccccn1. The Balaban J connectivity index is 1.78. The second-order valence-corrected chi connectivity index (χ2v) is 5.03. The van der Waals surface area contributed by atoms with Crippen LogP contribution in [0.1, 0.15) is 5.69 Å². The topological polar surface area (TPSA) is 93.8 Å². The Hall–Kier alpha value is -3.22. The van der Waals surface area contributed by atoms with Crippen molar-refractivity contribution in [3.05, 3.63) is 80.9 Å². The fourth-order valence-electron chi connectivity index (χ4n) is 2.28. The van der Waals surface area contributed by atoms with E-state index in [0.717, 1.165) is 11.3 Å². The summed E-state index contributed by atoms with van der Waals surface area (Å²) in [6.07, 6.45) is 2.36. The number of benzene rings is 1. The Bertz CT molecular complexity index is 866. The zero-order chi connectivity index (χ0) is 16.2. The molecule has 0 saturated heterocycles. The molecule has 0 fully saturated rings. The molecular formula is C16H14N4O3. The van der Waals surface area contributed by atoms with Crippen LogP contribution < -0.4 is 5.56 Å². The lowest BCUT2D eigenvalue weighted by molar-refractivity contribution is -0.384. The highest BCUT2D eigenvalue weighted by atomic mass is 16.6. The first kappa shape index (κ1) is 14.7. The first-order chi connectivity index (χ1) is 11.1. The molecule has 2 heterocycles. The average Bonchev–Trinajstić information content (AvgIpc) is 2.95. The quantitative estimate of drug-likeness (QED) is 0.578. The highest BCUT2D eigenvalue weighted by molar-refractivity contribution is 5.60. The molecule has 7 nitrogen and oxygen atoms in total. The lowest BCUT2D eigenvalue weighted by Crippen LogP contribution is -2.17. The van der Waals surface area contributed by atoms with Gasteiger partial charge in [0.1, 0.15) is 0 Å². The van der Waals surface area contributed by atoms with Crippen LogP contribution in [0.15, 0.2) is 59.5 Å². The van der Waals surface area contributed by atoms with Crippen LogP contribution in [0.4, 0.5) is 5.69 Å². The van der Waals surface area contributed by atoms with Crippen LogP contribution in [-0.4, -0.2) is 19.7 Å². The van der Waals surface area contributed by atoms with Gasteiger partial charge in [0.2, 0.25) is 0 Å². The number of nitrogens with one attached hydrogen (secondary N) is 1. The van der Waals surface area contributed by atoms with Gasteiger partial charge in [0.05, 0.1) is 10.6 Å². The van der Waals surface area contributed by atoms with E-state index in [1.165, 1.54) is 22.9 Å². The van der Waals surface area contributed by atoms with E-state index in [9.17, 15) is 14.9 Å². The summed E-state index contributed by atoms with van der Waals surface area (Å²) < 4.78 is 1.51. The van der Waals surface area contributed by atoms with E-state index in [1.54, 1.807) is 18.3 Å². The summed E-state index contributed by atoms with van der Waals surface area (Å²) in [7, 11) is 0. The number of H-pyrrole nitrogens is 1. The van der Waals surface area contributed by atoms with E-state index in [4.69, 9.17) is 0 Å². The number of aromatic amines is 1. The van der Waals surface area contributed by atoms with E-state index in [1.807, 2.05) is 18.2 Å². The van der Waals surface area contributed by atoms with Crippen molar-refractivity contribution in [1.82, 2.24) is 14.8 Å². The first-order valence-corrected chi connectivity index (χ1v) is 7.08. The van der Waals surface area contributed by atoms with Crippen molar-refractivity contribution >= 4 is 5.69 Å². The molecule has 0 saturated carbocycles. The summed E-state index contributed by atoms with van der Waals surface area (Å²) in [5.74, 6) is 0. The third-order valence-electron chi connectivity index (χ3n) is 3.50. The fourth-order valence-corrected chi connectivity index (χ4v) is 2.28. The van der Waals surface area contributed by atoms with Crippen LogP contribution in [-0.2, 0) is 13.0 Å². The van der Waals surface area contributed by atoms with Crippen LogP contribution >= 0.6 is 0 Å². The highest BCUT2D eigenvalue weighted by Crippen LogP contribution is 2.19. The van der Waals surface area contributed by atoms with E-state index in [-0.39, 0.29) is 11.2 Å². The number of aromatic nitrogens is 3. The summed E-state index contributed by atoms with van der Waals surface area (Å²) in [5, 5.41) is 13.7. The minimum absolute atomic E-state index is 0.0191. The number of hydrogen-bond donors (Lipinski definition) is 1. The maximum absolute atomic E-state index is 12.0. The van der Waals surface area contributed by atoms with Gasteiger partial charge in [-0.05, 0) is 24.3 Å². The summed E-state index contributed by atoms with van der Waals surface area (Å²) in [5.41, 5.74) is 2.14. The van der Waals surface area contributed by atoms with Crippen molar-refractivity contribution in [3.63, 3.8) is 0 Å². The van der Waals surface area contributed by atoms with Gasteiger partial charge in [-0.3, -0.25) is 29.7 Å². The van der Waals surface area contributed by atoms with Crippen molar-refractivity contribution in [2.75, 3.05) is 0 Å². The van der Waals surface area contributed by atoms with Gasteiger partial charge in [-0.1, -0.05) is 6.07 Å². The number of non-ortho nitro benzene ring substituents is 1. The molecule has 0 bridgehead atoms. The molecule has 2 aromatic heterocycles. The Morgan fingerprint density at radius 2 is 1.96 bits per heavy atom. The zero-order valence-electron chi connectivity index (χ0n) is 12.2. The number of aryl methyl sites for hydroxylation is 2. The summed E-state index contributed by atoms with van der Waals surface area (Å²) >= 11 is 0. The molecule has 0 unspecified atom stereocenters. The standard InChI is InChI=1S/C16H14N4O3/c21-16-11-15(12-4-6-14(7-5-12)20(22)23)18-19(16)10-8-13-3-1-2-9-17-13/h1-7,9,11,18H,8,10H2. The lowest BCUT2D eigenvalue weighted by Gasteiger charge is -2.02. The fraction of sp³-hybridized carbons (Fsp3) is 0.125. The normalized spacial score (nSPS) is 10.6. The summed E-state index contributed by atoms with van der Waals surface area (Å²) in [6.45, 7) is 0.489. The average molecular weight is 310 g/mol. The second-order valence-electron chi connectivity index (χ2n) is 5.03. The minimum atomic E-state index is -0.454. The van der Waals surface area contributed by atoms with E-state index in [2.05, 4.69) is 10.1 Å². The van der Waals surface area contributed by atoms with Gasteiger partial charge in [0.25, 0.3) is 11.2 Å². The maximum atomic E-state index is 12.0. The van der Waals surface area contributed by atoms with Crippen LogP contribution in [0, 0.1) is 10.1 Å². The molecule has 0 spiro atoms. The van der Waals surface area contributed by atoms with Gasteiger partial charge < -0.3 is 0 Å². The molecule has 116 valence electrons. The van der Waals surface area contributed by atoms with Gasteiger partial charge in [-0.25, -0.2) is 0 Å². The highest BCUT2D eigenvalue weighted by Gasteiger charge is 2.08. The zero-order valence-corrected chi connectivity index (χ0v) is 12.2. The Labute approximate surface area is 131 Å². The monoisotopic (exact) mass is 310 g/mol. The number of nitro groups is 1. The molecular weight excluding hydrogens is 296 g/mol. The third kappa shape index (κ3) is 3.34. The third-order valence-corrected chi connectivity index (χ3v) is 3.50. The summed E-state index contributed by atoms with van der Waals surface area (Å²) in [6, 6.07) is 13.2. The molecule has 3 aromatic rings. The summed E-state index contributed by atoms with van der Waals surface area (Å²) in [4.78, 5) is 26.4. The number of pyridine rings is 1. The predicted molar refractivity (Wildman–Crippen MR) is 85.1 cm³/mol. The van der Waals surface area contributed by atoms with Crippen molar-refractivity contribution in [2.45, 2.75) is 13.0 Å². The van der Waals surface area contributed by atoms with E-state index < -0.39 is 4.92 Å². The molecule has 0 atom stereocenters. The Morgan fingerprint density at radius 1 is 1.17 bits per heavy atom. The number of nitro benzene ring substituents is 1. The largest absolute Gasteiger partial charge is 0.295 e. The number of rotatable bonds is 5. The van der Waals surface area contributed by atoms with Crippen molar-refractivity contribution < 1.29 is 4.92 Å². The van der Waals surface area contributed by atoms with Crippen LogP contribution in [0.5, 0.6) is 0 Å². The molecule has 0 aliphatic rings. The molecule has 0 amide bonds. The molecule has 0 aliphatic carbocycles. The van der Waals surface area contributed by atoms with Gasteiger partial charge >= 0.3 is 0 Å². The minimum Gasteiger partial charge on any atom is -0.295 e. The van der Waals surface area contributed by atoms with Crippen molar-refractivity contribution in [2.24, 2.45) is 0 Å². The van der Waals surface area contributed by atoms with E-state index in [0.29, 0.717) is 18.7 Å². The lowest BCUT2D eigenvalue weighted by atomic mass is 10.1. The molecule has 0 radical (unpaired) electrons. The van der Waals surface area contributed by atoms with Crippen LogP contribution in [0.25, 0.3) is 11.3 Å². The predicted octanol–water partition coefficient (Wildman–Crippen LogP) is 2.39. The van der Waals surface area contributed by atoms with Crippen molar-refractivity contribution in [1.29, 1.82) is 0 Å². The van der Waals surface area contributed by atoms with Gasteiger partial charge in [0, 0.05) is 48.6 Å². The van der Waals surface area contributed by atoms with Crippen LogP contribution in [0.2, 0.25) is 0 Å². The van der Waals surface area contributed by atoms with Crippen LogP contribution in [0.3, 0.4) is 0 Å². The van der Waals surface area contributed by atoms with Gasteiger partial charge in [-0.15, -0.1) is 0 Å². The Kier molecular flexibility index (Phi) is 4.01. The van der Waals surface area contributed by atoms with Gasteiger partial charge in [-0.2, -0.15) is 0 Å². The molecule has 1 N–H and O–H groups in total. The number of hydrogen-bond acceptors (Lipinski definition) is 4. The molecule has 1 aromatic carbocycles. The molecule has 0 aliphatic heterocycles. The van der Waals surface area contributed by atoms with Gasteiger partial charge in [0.15, 0.2) is 0 Å². The molecule has 3 rings (SSSR count). The maximum Gasteiger partial charge on any atom is 0.269 e. The molecule has 7 heteroatoms. The Morgan fingerprint density at radius 3 is 2.61 bits per heavy atom. The molecule has 23 heavy (non-hydrogen) atoms. The second kappa shape index (κ2) is 6.27. The smallest absolute Gasteiger partial charge is 0.269 e. The van der Waals surface area contributed by atoms with E-state index >= 15 is 0 Å². The first-order valence-electron chi connectivity index (χ1n) is 7.08. The van der Waals surface area contributed by atoms with Crippen molar-refractivity contribution in [3.8, 4) is 11.3 Å².